The maximum absolute atomic E-state index is 11.8. The van der Waals surface area contributed by atoms with E-state index in [1.54, 1.807) is 0 Å². The van der Waals surface area contributed by atoms with E-state index in [2.05, 4.69) is 38.3 Å². The van der Waals surface area contributed by atoms with Crippen LogP contribution in [0.25, 0.3) is 0 Å². The van der Waals surface area contributed by atoms with Crippen LogP contribution in [-0.2, 0) is 4.74 Å². The second-order valence-corrected chi connectivity index (χ2v) is 7.05. The summed E-state index contributed by atoms with van der Waals surface area (Å²) in [6.45, 7) is 16.1. The van der Waals surface area contributed by atoms with Crippen molar-refractivity contribution in [2.45, 2.75) is 73.0 Å². The first-order valence-electron chi connectivity index (χ1n) is 7.86. The van der Waals surface area contributed by atoms with Gasteiger partial charge in [0.2, 0.25) is 0 Å². The number of hydrogen-bond donors (Lipinski definition) is 2. The molecule has 0 aliphatic rings. The quantitative estimate of drug-likeness (QED) is 0.717. The summed E-state index contributed by atoms with van der Waals surface area (Å²) >= 11 is 0. The van der Waals surface area contributed by atoms with Crippen LogP contribution in [-0.4, -0.2) is 30.8 Å². The minimum Gasteiger partial charge on any atom is -0.444 e. The molecule has 4 heteroatoms. The van der Waals surface area contributed by atoms with Crippen LogP contribution in [0.3, 0.4) is 0 Å². The molecule has 0 radical (unpaired) electrons. The average Bonchev–Trinajstić information content (AvgIpc) is 2.25. The molecule has 0 spiro atoms. The molecule has 4 nitrogen and oxygen atoms in total. The summed E-state index contributed by atoms with van der Waals surface area (Å²) in [5.41, 5.74) is -0.450. The first-order valence-corrected chi connectivity index (χ1v) is 7.86. The Morgan fingerprint density at radius 1 is 1.15 bits per heavy atom. The summed E-state index contributed by atoms with van der Waals surface area (Å²) in [4.78, 5) is 11.8. The predicted molar refractivity (Wildman–Crippen MR) is 84.9 cm³/mol. The highest BCUT2D eigenvalue weighted by Gasteiger charge is 2.21. The Kier molecular flexibility index (Phi) is 8.86. The molecule has 0 fully saturated rings. The van der Waals surface area contributed by atoms with Crippen molar-refractivity contribution in [1.29, 1.82) is 0 Å². The largest absolute Gasteiger partial charge is 0.444 e. The van der Waals surface area contributed by atoms with E-state index in [4.69, 9.17) is 4.74 Å². The van der Waals surface area contributed by atoms with E-state index < -0.39 is 5.60 Å². The van der Waals surface area contributed by atoms with Gasteiger partial charge in [0, 0.05) is 12.6 Å². The van der Waals surface area contributed by atoms with Gasteiger partial charge in [-0.15, -0.1) is 0 Å². The molecule has 0 saturated heterocycles. The Labute approximate surface area is 125 Å². The van der Waals surface area contributed by atoms with Crippen LogP contribution in [0, 0.1) is 11.8 Å². The van der Waals surface area contributed by atoms with Crippen molar-refractivity contribution in [2.24, 2.45) is 11.8 Å². The lowest BCUT2D eigenvalue weighted by molar-refractivity contribution is 0.0490. The van der Waals surface area contributed by atoms with E-state index in [0.717, 1.165) is 13.1 Å². The lowest BCUT2D eigenvalue weighted by Gasteiger charge is -2.26. The third kappa shape index (κ3) is 10.1. The molecular weight excluding hydrogens is 252 g/mol. The maximum Gasteiger partial charge on any atom is 0.407 e. The molecule has 2 N–H and O–H groups in total. The molecule has 0 bridgehead atoms. The van der Waals surface area contributed by atoms with Crippen molar-refractivity contribution >= 4 is 6.09 Å². The van der Waals surface area contributed by atoms with Crippen molar-refractivity contribution in [3.05, 3.63) is 0 Å². The first-order chi connectivity index (χ1) is 9.15. The van der Waals surface area contributed by atoms with Crippen LogP contribution in [0.15, 0.2) is 0 Å². The van der Waals surface area contributed by atoms with Gasteiger partial charge in [-0.05, 0) is 45.6 Å². The lowest BCUT2D eigenvalue weighted by Crippen LogP contribution is -2.47. The molecule has 0 saturated carbocycles. The molecule has 0 aromatic rings. The van der Waals surface area contributed by atoms with Crippen molar-refractivity contribution in [3.8, 4) is 0 Å². The Morgan fingerprint density at radius 2 is 1.75 bits per heavy atom. The highest BCUT2D eigenvalue weighted by molar-refractivity contribution is 5.68. The minimum absolute atomic E-state index is 0.0960. The zero-order chi connectivity index (χ0) is 15.8. The maximum atomic E-state index is 11.8. The molecule has 0 aliphatic carbocycles. The van der Waals surface area contributed by atoms with Crippen LogP contribution in [0.4, 0.5) is 4.79 Å². The molecule has 120 valence electrons. The Morgan fingerprint density at radius 3 is 2.20 bits per heavy atom. The average molecular weight is 286 g/mol. The Hall–Kier alpha value is -0.770. The minimum atomic E-state index is -0.450. The Balaban J connectivity index is 4.14. The van der Waals surface area contributed by atoms with E-state index >= 15 is 0 Å². The molecule has 0 aliphatic heterocycles. The van der Waals surface area contributed by atoms with Gasteiger partial charge in [-0.1, -0.05) is 34.1 Å². The molecule has 0 heterocycles. The summed E-state index contributed by atoms with van der Waals surface area (Å²) in [5.74, 6) is 1.05. The van der Waals surface area contributed by atoms with Crippen LogP contribution in [0.5, 0.6) is 0 Å². The summed E-state index contributed by atoms with van der Waals surface area (Å²) in [6.07, 6.45) is 2.12. The normalized spacial score (nSPS) is 15.0. The number of amides is 1. The third-order valence-corrected chi connectivity index (χ3v) is 3.15. The smallest absolute Gasteiger partial charge is 0.407 e. The monoisotopic (exact) mass is 286 g/mol. The van der Waals surface area contributed by atoms with Crippen LogP contribution >= 0.6 is 0 Å². The fraction of sp³-hybridized carbons (Fsp3) is 0.938. The fourth-order valence-corrected chi connectivity index (χ4v) is 1.99. The fourth-order valence-electron chi connectivity index (χ4n) is 1.99. The van der Waals surface area contributed by atoms with Gasteiger partial charge in [0.1, 0.15) is 5.60 Å². The van der Waals surface area contributed by atoms with Crippen LogP contribution in [0.2, 0.25) is 0 Å². The predicted octanol–water partition coefficient (Wildman–Crippen LogP) is 3.56. The first kappa shape index (κ1) is 19.2. The highest BCUT2D eigenvalue weighted by atomic mass is 16.6. The number of carbonyl (C=O) groups excluding carboxylic acids is 1. The number of hydrogen-bond acceptors (Lipinski definition) is 3. The summed E-state index contributed by atoms with van der Waals surface area (Å²) in [6, 6.07) is 0.0960. The van der Waals surface area contributed by atoms with Gasteiger partial charge in [0.15, 0.2) is 0 Å². The molecular formula is C16H34N2O2. The molecule has 0 aromatic heterocycles. The lowest BCUT2D eigenvalue weighted by atomic mass is 10.0. The van der Waals surface area contributed by atoms with Gasteiger partial charge < -0.3 is 15.4 Å². The zero-order valence-electron chi connectivity index (χ0n) is 14.4. The molecule has 2 unspecified atom stereocenters. The van der Waals surface area contributed by atoms with E-state index in [-0.39, 0.29) is 12.1 Å². The second-order valence-electron chi connectivity index (χ2n) is 7.05. The van der Waals surface area contributed by atoms with E-state index in [1.165, 1.54) is 12.8 Å². The standard InChI is InChI=1S/C16H34N2O2/c1-8-9-13(4)10-17-11-14(12(2)3)18-15(19)20-16(5,6)7/h12-14,17H,8-11H2,1-7H3,(H,18,19). The van der Waals surface area contributed by atoms with E-state index in [0.29, 0.717) is 11.8 Å². The molecule has 2 atom stereocenters. The van der Waals surface area contributed by atoms with Crippen LogP contribution < -0.4 is 10.6 Å². The van der Waals surface area contributed by atoms with Crippen molar-refractivity contribution in [1.82, 2.24) is 10.6 Å². The van der Waals surface area contributed by atoms with Crippen molar-refractivity contribution in [2.75, 3.05) is 13.1 Å². The third-order valence-electron chi connectivity index (χ3n) is 3.15. The van der Waals surface area contributed by atoms with Gasteiger partial charge in [-0.2, -0.15) is 0 Å². The number of ether oxygens (including phenoxy) is 1. The summed E-state index contributed by atoms with van der Waals surface area (Å²) < 4.78 is 5.31. The Bertz CT molecular complexity index is 272. The van der Waals surface area contributed by atoms with Crippen molar-refractivity contribution < 1.29 is 9.53 Å². The highest BCUT2D eigenvalue weighted by Crippen LogP contribution is 2.09. The van der Waals surface area contributed by atoms with Crippen LogP contribution in [0.1, 0.15) is 61.3 Å². The molecule has 1 amide bonds. The number of rotatable bonds is 8. The van der Waals surface area contributed by atoms with E-state index in [9.17, 15) is 4.79 Å². The number of nitrogens with one attached hydrogen (secondary N) is 2. The SMILES string of the molecule is CCCC(C)CNCC(NC(=O)OC(C)(C)C)C(C)C. The van der Waals surface area contributed by atoms with Gasteiger partial charge in [0.25, 0.3) is 0 Å². The number of alkyl carbamates (subject to hydrolysis) is 1. The number of carbonyl (C=O) groups is 1. The topological polar surface area (TPSA) is 50.4 Å². The van der Waals surface area contributed by atoms with Gasteiger partial charge in [-0.3, -0.25) is 0 Å². The summed E-state index contributed by atoms with van der Waals surface area (Å²) in [5, 5.41) is 6.40. The summed E-state index contributed by atoms with van der Waals surface area (Å²) in [7, 11) is 0. The van der Waals surface area contributed by atoms with Gasteiger partial charge in [0.05, 0.1) is 0 Å². The zero-order valence-corrected chi connectivity index (χ0v) is 14.4. The molecule has 20 heavy (non-hydrogen) atoms. The van der Waals surface area contributed by atoms with Gasteiger partial charge >= 0.3 is 6.09 Å². The van der Waals surface area contributed by atoms with E-state index in [1.807, 2.05) is 20.8 Å². The van der Waals surface area contributed by atoms with Crippen molar-refractivity contribution in [3.63, 3.8) is 0 Å². The molecule has 0 aromatic carbocycles. The van der Waals surface area contributed by atoms with Gasteiger partial charge in [-0.25, -0.2) is 4.79 Å². The molecule has 0 rings (SSSR count). The second kappa shape index (κ2) is 9.22.